The van der Waals surface area contributed by atoms with E-state index >= 15 is 0 Å². The Morgan fingerprint density at radius 3 is 2.38 bits per heavy atom. The number of piperazine rings is 1. The number of benzene rings is 2. The second-order valence-electron chi connectivity index (χ2n) is 6.93. The molecule has 7 heteroatoms. The summed E-state index contributed by atoms with van der Waals surface area (Å²) in [5.74, 6) is 0.473. The largest absolute Gasteiger partial charge is 0.482 e. The number of carbonyl (C=O) groups excluding carboxylic acids is 2. The molecule has 2 aromatic rings. The molecular formula is C22H26ClN3O3. The highest BCUT2D eigenvalue weighted by molar-refractivity contribution is 6.32. The van der Waals surface area contributed by atoms with E-state index in [1.807, 2.05) is 36.1 Å². The average molecular weight is 416 g/mol. The van der Waals surface area contributed by atoms with E-state index < -0.39 is 0 Å². The van der Waals surface area contributed by atoms with Gasteiger partial charge in [-0.05, 0) is 42.8 Å². The summed E-state index contributed by atoms with van der Waals surface area (Å²) in [4.78, 5) is 28.3. The van der Waals surface area contributed by atoms with Crippen molar-refractivity contribution in [3.8, 4) is 5.75 Å². The van der Waals surface area contributed by atoms with Gasteiger partial charge in [-0.25, -0.2) is 0 Å². The van der Waals surface area contributed by atoms with E-state index in [4.69, 9.17) is 16.3 Å². The molecule has 0 radical (unpaired) electrons. The van der Waals surface area contributed by atoms with Crippen LogP contribution in [0, 0.1) is 0 Å². The van der Waals surface area contributed by atoms with Crippen molar-refractivity contribution >= 4 is 34.8 Å². The van der Waals surface area contributed by atoms with Gasteiger partial charge in [0.15, 0.2) is 6.61 Å². The van der Waals surface area contributed by atoms with Crippen LogP contribution in [0.4, 0.5) is 11.4 Å². The van der Waals surface area contributed by atoms with Gasteiger partial charge in [0.2, 0.25) is 5.91 Å². The second-order valence-corrected chi connectivity index (χ2v) is 7.34. The Kier molecular flexibility index (Phi) is 7.36. The third-order valence-corrected chi connectivity index (χ3v) is 5.12. The first-order valence-corrected chi connectivity index (χ1v) is 10.2. The van der Waals surface area contributed by atoms with Gasteiger partial charge in [-0.3, -0.25) is 9.59 Å². The van der Waals surface area contributed by atoms with E-state index in [2.05, 4.69) is 10.2 Å². The second kappa shape index (κ2) is 10.2. The van der Waals surface area contributed by atoms with Crippen LogP contribution in [0.1, 0.15) is 19.8 Å². The minimum absolute atomic E-state index is 0.112. The average Bonchev–Trinajstić information content (AvgIpc) is 2.74. The van der Waals surface area contributed by atoms with E-state index in [0.29, 0.717) is 22.9 Å². The Labute approximate surface area is 176 Å². The summed E-state index contributed by atoms with van der Waals surface area (Å²) in [6.07, 6.45) is 1.50. The van der Waals surface area contributed by atoms with Crippen molar-refractivity contribution in [2.75, 3.05) is 43.0 Å². The number of ether oxygens (including phenoxy) is 1. The first-order chi connectivity index (χ1) is 14.1. The quantitative estimate of drug-likeness (QED) is 0.747. The molecular weight excluding hydrogens is 390 g/mol. The van der Waals surface area contributed by atoms with Crippen LogP contribution in [0.25, 0.3) is 0 Å². The first kappa shape index (κ1) is 21.0. The van der Waals surface area contributed by atoms with Crippen LogP contribution in [0.2, 0.25) is 5.02 Å². The zero-order chi connectivity index (χ0) is 20.6. The molecule has 0 saturated carbocycles. The smallest absolute Gasteiger partial charge is 0.262 e. The molecule has 1 fully saturated rings. The fraction of sp³-hybridized carbons (Fsp3) is 0.364. The van der Waals surface area contributed by atoms with Crippen molar-refractivity contribution in [2.24, 2.45) is 0 Å². The molecule has 0 aliphatic carbocycles. The minimum atomic E-state index is -0.249. The molecule has 1 heterocycles. The van der Waals surface area contributed by atoms with Crippen molar-refractivity contribution in [3.63, 3.8) is 0 Å². The van der Waals surface area contributed by atoms with E-state index in [1.54, 1.807) is 24.3 Å². The summed E-state index contributed by atoms with van der Waals surface area (Å²) < 4.78 is 5.45. The van der Waals surface area contributed by atoms with Crippen LogP contribution in [0.15, 0.2) is 48.5 Å². The van der Waals surface area contributed by atoms with Crippen LogP contribution in [0.3, 0.4) is 0 Å². The molecule has 0 spiro atoms. The number of hydrogen-bond donors (Lipinski definition) is 1. The van der Waals surface area contributed by atoms with Crippen LogP contribution < -0.4 is 15.0 Å². The highest BCUT2D eigenvalue weighted by atomic mass is 35.5. The summed E-state index contributed by atoms with van der Waals surface area (Å²) in [7, 11) is 0. The van der Waals surface area contributed by atoms with E-state index in [-0.39, 0.29) is 18.4 Å². The molecule has 1 N–H and O–H groups in total. The number of halogens is 1. The molecule has 1 aliphatic heterocycles. The predicted octanol–water partition coefficient (Wildman–Crippen LogP) is 3.81. The molecule has 1 aliphatic rings. The SMILES string of the molecule is CCCC(=O)N1CCN(c2ccc(NC(=O)COc3ccccc3Cl)cc2)CC1. The molecule has 29 heavy (non-hydrogen) atoms. The monoisotopic (exact) mass is 415 g/mol. The highest BCUT2D eigenvalue weighted by Gasteiger charge is 2.20. The third-order valence-electron chi connectivity index (χ3n) is 4.81. The van der Waals surface area contributed by atoms with Crippen molar-refractivity contribution in [2.45, 2.75) is 19.8 Å². The van der Waals surface area contributed by atoms with Gasteiger partial charge in [0.05, 0.1) is 5.02 Å². The van der Waals surface area contributed by atoms with Gasteiger partial charge in [-0.1, -0.05) is 30.7 Å². The first-order valence-electron chi connectivity index (χ1n) is 9.87. The van der Waals surface area contributed by atoms with Crippen molar-refractivity contribution in [1.29, 1.82) is 0 Å². The summed E-state index contributed by atoms with van der Waals surface area (Å²) in [5, 5.41) is 3.29. The number of amides is 2. The van der Waals surface area contributed by atoms with Crippen molar-refractivity contribution in [1.82, 2.24) is 4.90 Å². The Morgan fingerprint density at radius 2 is 1.72 bits per heavy atom. The number of nitrogens with one attached hydrogen (secondary N) is 1. The van der Waals surface area contributed by atoms with Gasteiger partial charge < -0.3 is 19.9 Å². The fourth-order valence-corrected chi connectivity index (χ4v) is 3.43. The van der Waals surface area contributed by atoms with Gasteiger partial charge in [-0.2, -0.15) is 0 Å². The predicted molar refractivity (Wildman–Crippen MR) is 116 cm³/mol. The van der Waals surface area contributed by atoms with Gasteiger partial charge in [0.25, 0.3) is 5.91 Å². The van der Waals surface area contributed by atoms with Gasteiger partial charge >= 0.3 is 0 Å². The van der Waals surface area contributed by atoms with Gasteiger partial charge in [-0.15, -0.1) is 0 Å². The Balaban J connectivity index is 1.47. The molecule has 2 amide bonds. The lowest BCUT2D eigenvalue weighted by Crippen LogP contribution is -2.48. The van der Waals surface area contributed by atoms with Gasteiger partial charge in [0.1, 0.15) is 5.75 Å². The minimum Gasteiger partial charge on any atom is -0.482 e. The third kappa shape index (κ3) is 5.87. The summed E-state index contributed by atoms with van der Waals surface area (Å²) >= 11 is 6.02. The summed E-state index contributed by atoms with van der Waals surface area (Å²) in [6, 6.07) is 14.8. The zero-order valence-corrected chi connectivity index (χ0v) is 17.3. The molecule has 2 aromatic carbocycles. The summed E-state index contributed by atoms with van der Waals surface area (Å²) in [5.41, 5.74) is 1.79. The standard InChI is InChI=1S/C22H26ClN3O3/c1-2-5-22(28)26-14-12-25(13-15-26)18-10-8-17(9-11-18)24-21(27)16-29-20-7-4-3-6-19(20)23/h3-4,6-11H,2,5,12-16H2,1H3,(H,24,27). The maximum atomic E-state index is 12.1. The molecule has 154 valence electrons. The Morgan fingerprint density at radius 1 is 1.03 bits per heavy atom. The molecule has 6 nitrogen and oxygen atoms in total. The maximum Gasteiger partial charge on any atom is 0.262 e. The molecule has 0 bridgehead atoms. The molecule has 0 atom stereocenters. The van der Waals surface area contributed by atoms with E-state index in [0.717, 1.165) is 38.3 Å². The van der Waals surface area contributed by atoms with Gasteiger partial charge in [0, 0.05) is 44.0 Å². The topological polar surface area (TPSA) is 61.9 Å². The number of carbonyl (C=O) groups is 2. The fourth-order valence-electron chi connectivity index (χ4n) is 3.24. The molecule has 1 saturated heterocycles. The van der Waals surface area contributed by atoms with Crippen molar-refractivity contribution in [3.05, 3.63) is 53.6 Å². The lowest BCUT2D eigenvalue weighted by atomic mass is 10.2. The molecule has 0 aromatic heterocycles. The lowest BCUT2D eigenvalue weighted by Gasteiger charge is -2.36. The van der Waals surface area contributed by atoms with Crippen LogP contribution >= 0.6 is 11.6 Å². The lowest BCUT2D eigenvalue weighted by molar-refractivity contribution is -0.131. The van der Waals surface area contributed by atoms with Crippen molar-refractivity contribution < 1.29 is 14.3 Å². The van der Waals surface area contributed by atoms with Crippen LogP contribution in [-0.4, -0.2) is 49.5 Å². The number of rotatable bonds is 7. The summed E-state index contributed by atoms with van der Waals surface area (Å²) in [6.45, 7) is 5.03. The zero-order valence-electron chi connectivity index (χ0n) is 16.6. The van der Waals surface area contributed by atoms with Crippen LogP contribution in [-0.2, 0) is 9.59 Å². The number of nitrogens with zero attached hydrogens (tertiary/aromatic N) is 2. The number of hydrogen-bond acceptors (Lipinski definition) is 4. The maximum absolute atomic E-state index is 12.1. The molecule has 0 unspecified atom stereocenters. The van der Waals surface area contributed by atoms with E-state index in [1.165, 1.54) is 0 Å². The number of para-hydroxylation sites is 1. The number of anilines is 2. The Hall–Kier alpha value is -2.73. The van der Waals surface area contributed by atoms with Crippen LogP contribution in [0.5, 0.6) is 5.75 Å². The molecule has 3 rings (SSSR count). The van der Waals surface area contributed by atoms with E-state index in [9.17, 15) is 9.59 Å². The highest BCUT2D eigenvalue weighted by Crippen LogP contribution is 2.23. The Bertz CT molecular complexity index is 833. The normalized spacial score (nSPS) is 13.9.